The maximum Gasteiger partial charge on any atom is 0.335 e. The highest BCUT2D eigenvalue weighted by atomic mass is 35.5. The zero-order chi connectivity index (χ0) is 19.8. The highest BCUT2D eigenvalue weighted by Crippen LogP contribution is 2.27. The van der Waals surface area contributed by atoms with E-state index in [1.165, 1.54) is 18.2 Å². The van der Waals surface area contributed by atoms with Crippen LogP contribution in [0.25, 0.3) is 5.69 Å². The monoisotopic (exact) mass is 400 g/mol. The van der Waals surface area contributed by atoms with E-state index in [1.807, 2.05) is 0 Å². The molecule has 0 bridgehead atoms. The zero-order valence-electron chi connectivity index (χ0n) is 14.3. The topological polar surface area (TPSA) is 99.5 Å². The van der Waals surface area contributed by atoms with E-state index in [1.54, 1.807) is 30.3 Å². The third-order valence-electron chi connectivity index (χ3n) is 4.47. The quantitative estimate of drug-likeness (QED) is 0.628. The Labute approximate surface area is 162 Å². The fourth-order valence-corrected chi connectivity index (χ4v) is 3.31. The number of hydrogen-bond acceptors (Lipinski definition) is 5. The van der Waals surface area contributed by atoms with Gasteiger partial charge in [-0.05, 0) is 35.9 Å². The number of hydrazone groups is 1. The van der Waals surface area contributed by atoms with Crippen LogP contribution < -0.4 is 16.7 Å². The largest absolute Gasteiger partial charge is 0.493 e. The fraction of sp³-hybridized carbons (Fsp3) is 0.105. The predicted molar refractivity (Wildman–Crippen MR) is 103 cm³/mol. The van der Waals surface area contributed by atoms with Gasteiger partial charge in [-0.25, -0.2) is 13.8 Å². The first kappa shape index (κ1) is 18.0. The highest BCUT2D eigenvalue weighted by molar-refractivity contribution is 6.30. The van der Waals surface area contributed by atoms with E-state index >= 15 is 0 Å². The number of halogens is 2. The van der Waals surface area contributed by atoms with Crippen molar-refractivity contribution < 1.29 is 9.50 Å². The van der Waals surface area contributed by atoms with Crippen molar-refractivity contribution in [2.24, 2.45) is 5.10 Å². The Morgan fingerprint density at radius 2 is 1.93 bits per heavy atom. The van der Waals surface area contributed by atoms with Crippen molar-refractivity contribution in [3.05, 3.63) is 91.3 Å². The molecule has 1 aliphatic heterocycles. The molecule has 0 radical (unpaired) electrons. The van der Waals surface area contributed by atoms with Crippen LogP contribution in [-0.4, -0.2) is 20.4 Å². The van der Waals surface area contributed by atoms with Gasteiger partial charge >= 0.3 is 5.69 Å². The SMILES string of the molecule is O=c1[nH]c(=O)n(-c2cccc(Cl)c2)c(O)c1C1=NN[C@H](c2ccc(F)cc2)C1. The summed E-state index contributed by atoms with van der Waals surface area (Å²) in [6.45, 7) is 0. The molecule has 1 aliphatic rings. The van der Waals surface area contributed by atoms with Crippen LogP contribution in [0, 0.1) is 5.82 Å². The van der Waals surface area contributed by atoms with Gasteiger partial charge < -0.3 is 10.5 Å². The van der Waals surface area contributed by atoms with Crippen LogP contribution >= 0.6 is 11.6 Å². The van der Waals surface area contributed by atoms with Gasteiger partial charge in [-0.15, -0.1) is 0 Å². The maximum absolute atomic E-state index is 13.1. The van der Waals surface area contributed by atoms with E-state index in [4.69, 9.17) is 11.6 Å². The summed E-state index contributed by atoms with van der Waals surface area (Å²) in [4.78, 5) is 26.8. The van der Waals surface area contributed by atoms with Crippen LogP contribution in [0.1, 0.15) is 23.6 Å². The van der Waals surface area contributed by atoms with Gasteiger partial charge in [0.1, 0.15) is 11.4 Å². The maximum atomic E-state index is 13.1. The summed E-state index contributed by atoms with van der Waals surface area (Å²) >= 11 is 5.97. The molecule has 9 heteroatoms. The average molecular weight is 401 g/mol. The molecule has 7 nitrogen and oxygen atoms in total. The van der Waals surface area contributed by atoms with Crippen molar-refractivity contribution in [2.75, 3.05) is 0 Å². The second kappa shape index (κ2) is 6.97. The molecule has 0 saturated carbocycles. The van der Waals surface area contributed by atoms with E-state index in [9.17, 15) is 19.1 Å². The van der Waals surface area contributed by atoms with Crippen molar-refractivity contribution in [1.82, 2.24) is 15.0 Å². The van der Waals surface area contributed by atoms with Crippen LogP contribution in [0.4, 0.5) is 4.39 Å². The number of rotatable bonds is 3. The van der Waals surface area contributed by atoms with Crippen LogP contribution in [-0.2, 0) is 0 Å². The van der Waals surface area contributed by atoms with E-state index in [0.29, 0.717) is 10.7 Å². The number of aromatic nitrogens is 2. The molecule has 0 fully saturated rings. The molecule has 0 saturated heterocycles. The van der Waals surface area contributed by atoms with Gasteiger partial charge in [0.05, 0.1) is 17.4 Å². The van der Waals surface area contributed by atoms with E-state index in [0.717, 1.165) is 10.1 Å². The molecule has 3 N–H and O–H groups in total. The lowest BCUT2D eigenvalue weighted by molar-refractivity contribution is 0.429. The van der Waals surface area contributed by atoms with Crippen molar-refractivity contribution in [3.63, 3.8) is 0 Å². The number of aromatic amines is 1. The minimum atomic E-state index is -0.796. The summed E-state index contributed by atoms with van der Waals surface area (Å²) in [5, 5.41) is 15.2. The number of benzene rings is 2. The molecule has 28 heavy (non-hydrogen) atoms. The van der Waals surface area contributed by atoms with Gasteiger partial charge in [0.15, 0.2) is 0 Å². The lowest BCUT2D eigenvalue weighted by Crippen LogP contribution is -2.33. The van der Waals surface area contributed by atoms with Crippen LogP contribution in [0.5, 0.6) is 5.88 Å². The standard InChI is InChI=1S/C19H14ClFN4O3/c20-11-2-1-3-13(8-11)25-18(27)16(17(26)22-19(25)28)15-9-14(23-24-15)10-4-6-12(21)7-5-10/h1-8,14,23,27H,9H2,(H,22,26,28)/t14-/m0/s1. The molecule has 0 spiro atoms. The predicted octanol–water partition coefficient (Wildman–Crippen LogP) is 2.46. The molecular weight excluding hydrogens is 387 g/mol. The second-order valence-corrected chi connectivity index (χ2v) is 6.71. The molecule has 0 aliphatic carbocycles. The third-order valence-corrected chi connectivity index (χ3v) is 4.70. The summed E-state index contributed by atoms with van der Waals surface area (Å²) in [7, 11) is 0. The van der Waals surface area contributed by atoms with Crippen LogP contribution in [0.2, 0.25) is 5.02 Å². The molecule has 3 aromatic rings. The molecule has 142 valence electrons. The van der Waals surface area contributed by atoms with Gasteiger partial charge in [0.2, 0.25) is 5.88 Å². The minimum absolute atomic E-state index is 0.114. The zero-order valence-corrected chi connectivity index (χ0v) is 15.1. The normalized spacial score (nSPS) is 15.9. The summed E-state index contributed by atoms with van der Waals surface area (Å²) in [6, 6.07) is 11.9. The third kappa shape index (κ3) is 3.18. The Balaban J connectivity index is 1.75. The lowest BCUT2D eigenvalue weighted by Gasteiger charge is -2.12. The molecular formula is C19H14ClFN4O3. The average Bonchev–Trinajstić information content (AvgIpc) is 3.11. The molecule has 0 unspecified atom stereocenters. The fourth-order valence-electron chi connectivity index (χ4n) is 3.13. The van der Waals surface area contributed by atoms with E-state index in [2.05, 4.69) is 15.5 Å². The highest BCUT2D eigenvalue weighted by Gasteiger charge is 2.27. The Kier molecular flexibility index (Phi) is 4.48. The van der Waals surface area contributed by atoms with E-state index in [-0.39, 0.29) is 29.6 Å². The Hall–Kier alpha value is -3.39. The molecule has 1 aromatic heterocycles. The van der Waals surface area contributed by atoms with Gasteiger partial charge in [0.25, 0.3) is 5.56 Å². The molecule has 1 atom stereocenters. The summed E-state index contributed by atoms with van der Waals surface area (Å²) in [5.41, 5.74) is 2.57. The van der Waals surface area contributed by atoms with Gasteiger partial charge in [-0.1, -0.05) is 29.8 Å². The second-order valence-electron chi connectivity index (χ2n) is 6.27. The first-order chi connectivity index (χ1) is 13.4. The number of aromatic hydroxyl groups is 1. The molecule has 0 amide bonds. The van der Waals surface area contributed by atoms with Crippen molar-refractivity contribution in [1.29, 1.82) is 0 Å². The summed E-state index contributed by atoms with van der Waals surface area (Å²) < 4.78 is 14.1. The molecule has 2 heterocycles. The van der Waals surface area contributed by atoms with Crippen LogP contribution in [0.3, 0.4) is 0 Å². The number of nitrogens with zero attached hydrogens (tertiary/aromatic N) is 2. The lowest BCUT2D eigenvalue weighted by atomic mass is 10.00. The molecule has 4 rings (SSSR count). The summed E-state index contributed by atoms with van der Waals surface area (Å²) in [5.74, 6) is -0.887. The number of hydrogen-bond donors (Lipinski definition) is 3. The Morgan fingerprint density at radius 3 is 2.64 bits per heavy atom. The van der Waals surface area contributed by atoms with Crippen molar-refractivity contribution in [2.45, 2.75) is 12.5 Å². The summed E-state index contributed by atoms with van der Waals surface area (Å²) in [6.07, 6.45) is 0.274. The van der Waals surface area contributed by atoms with E-state index < -0.39 is 17.1 Å². The van der Waals surface area contributed by atoms with Gasteiger partial charge in [-0.2, -0.15) is 5.10 Å². The number of H-pyrrole nitrogens is 1. The first-order valence-corrected chi connectivity index (χ1v) is 8.74. The number of nitrogens with one attached hydrogen (secondary N) is 2. The van der Waals surface area contributed by atoms with Crippen molar-refractivity contribution in [3.8, 4) is 11.6 Å². The Bertz CT molecular complexity index is 1200. The minimum Gasteiger partial charge on any atom is -0.493 e. The van der Waals surface area contributed by atoms with Gasteiger partial charge in [0, 0.05) is 11.4 Å². The van der Waals surface area contributed by atoms with Crippen LogP contribution in [0.15, 0.2) is 63.2 Å². The Morgan fingerprint density at radius 1 is 1.18 bits per heavy atom. The smallest absolute Gasteiger partial charge is 0.335 e. The van der Waals surface area contributed by atoms with Crippen molar-refractivity contribution >= 4 is 17.3 Å². The molecule has 2 aromatic carbocycles. The first-order valence-electron chi connectivity index (χ1n) is 8.36. The van der Waals surface area contributed by atoms with Gasteiger partial charge in [-0.3, -0.25) is 9.78 Å².